The number of fused-ring (bicyclic) bond motifs is 5. The molecule has 7 nitrogen and oxygen atoms in total. The summed E-state index contributed by atoms with van der Waals surface area (Å²) in [5.74, 6) is -6.22. The van der Waals surface area contributed by atoms with Gasteiger partial charge in [0.25, 0.3) is 0 Å². The van der Waals surface area contributed by atoms with E-state index in [1.807, 2.05) is 0 Å². The molecule has 1 aromatic heterocycles. The maximum Gasteiger partial charge on any atom is 0.374 e. The number of alkyl halides is 1. The average molecular weight is 490 g/mol. The van der Waals surface area contributed by atoms with Gasteiger partial charge in [-0.25, -0.2) is 13.6 Å². The third kappa shape index (κ3) is 3.00. The molecule has 4 aliphatic rings. The van der Waals surface area contributed by atoms with E-state index in [4.69, 9.17) is 9.15 Å². The number of ether oxygens (including phenoxy) is 1. The van der Waals surface area contributed by atoms with Crippen LogP contribution in [0.3, 0.4) is 0 Å². The van der Waals surface area contributed by atoms with Crippen molar-refractivity contribution in [2.75, 3.05) is 0 Å². The van der Waals surface area contributed by atoms with Crippen molar-refractivity contribution in [3.05, 3.63) is 47.7 Å². The zero-order valence-corrected chi connectivity index (χ0v) is 19.7. The second kappa shape index (κ2) is 7.35. The monoisotopic (exact) mass is 490 g/mol. The van der Waals surface area contributed by atoms with E-state index >= 15 is 8.78 Å². The highest BCUT2D eigenvalue weighted by atomic mass is 19.1. The van der Waals surface area contributed by atoms with Crippen LogP contribution in [0.2, 0.25) is 0 Å². The molecule has 1 aromatic rings. The number of carboxylic acids is 1. The molecule has 4 aliphatic carbocycles. The highest BCUT2D eigenvalue weighted by Gasteiger charge is 2.75. The van der Waals surface area contributed by atoms with Gasteiger partial charge < -0.3 is 19.4 Å². The molecule has 0 saturated heterocycles. The molecule has 0 spiro atoms. The first-order valence-corrected chi connectivity index (χ1v) is 11.7. The van der Waals surface area contributed by atoms with Crippen LogP contribution in [0.5, 0.6) is 0 Å². The fourth-order valence-corrected chi connectivity index (χ4v) is 7.83. The second-order valence-electron chi connectivity index (χ2n) is 11.1. The number of allylic oxidation sites excluding steroid dienone is 4. The lowest BCUT2D eigenvalue weighted by molar-refractivity contribution is -0.196. The zero-order chi connectivity index (χ0) is 25.6. The van der Waals surface area contributed by atoms with Crippen LogP contribution in [0, 0.1) is 28.6 Å². The van der Waals surface area contributed by atoms with E-state index < -0.39 is 63.7 Å². The average Bonchev–Trinajstić information content (AvgIpc) is 3.37. The van der Waals surface area contributed by atoms with Gasteiger partial charge in [-0.05, 0) is 61.8 Å². The number of carbonyl (C=O) groups excluding carboxylic acids is 2. The molecule has 1 heterocycles. The number of carboxylic acid groups (broad SMARTS) is 1. The zero-order valence-electron chi connectivity index (χ0n) is 19.7. The lowest BCUT2D eigenvalue weighted by atomic mass is 9.45. The van der Waals surface area contributed by atoms with Gasteiger partial charge in [0, 0.05) is 24.2 Å². The van der Waals surface area contributed by atoms with Crippen molar-refractivity contribution in [1.29, 1.82) is 0 Å². The minimum absolute atomic E-state index is 0.0304. The Kier molecular flexibility index (Phi) is 5.02. The first kappa shape index (κ1) is 23.9. The Bertz CT molecular complexity index is 1170. The largest absolute Gasteiger partial charge is 0.481 e. The molecule has 0 aromatic carbocycles. The van der Waals surface area contributed by atoms with Crippen LogP contribution in [0.15, 0.2) is 46.4 Å². The molecule has 188 valence electrons. The summed E-state index contributed by atoms with van der Waals surface area (Å²) in [6.45, 7) is 4.62. The lowest BCUT2D eigenvalue weighted by Gasteiger charge is -2.61. The summed E-state index contributed by atoms with van der Waals surface area (Å²) in [6, 6.07) is 2.89. The smallest absolute Gasteiger partial charge is 0.374 e. The number of furan rings is 1. The Balaban J connectivity index is 1.61. The Morgan fingerprint density at radius 2 is 1.91 bits per heavy atom. The van der Waals surface area contributed by atoms with E-state index in [0.717, 1.165) is 0 Å². The molecule has 2 fully saturated rings. The van der Waals surface area contributed by atoms with Crippen LogP contribution < -0.4 is 0 Å². The van der Waals surface area contributed by atoms with Crippen molar-refractivity contribution in [2.45, 2.75) is 63.8 Å². The van der Waals surface area contributed by atoms with Crippen molar-refractivity contribution in [3.8, 4) is 0 Å². The number of aliphatic hydroxyl groups is 1. The maximum atomic E-state index is 17.2. The fraction of sp³-hybridized carbons (Fsp3) is 0.577. The molecule has 0 aliphatic heterocycles. The van der Waals surface area contributed by atoms with Crippen LogP contribution in [0.1, 0.15) is 57.0 Å². The summed E-state index contributed by atoms with van der Waals surface area (Å²) in [5.41, 5.74) is -6.60. The molecular weight excluding hydrogens is 462 g/mol. The molecule has 8 atom stereocenters. The number of halogens is 2. The van der Waals surface area contributed by atoms with Gasteiger partial charge in [0.2, 0.25) is 5.76 Å². The molecule has 2 N–H and O–H groups in total. The Hall–Kier alpha value is -2.81. The van der Waals surface area contributed by atoms with Crippen LogP contribution in [0.25, 0.3) is 0 Å². The predicted molar refractivity (Wildman–Crippen MR) is 117 cm³/mol. The minimum atomic E-state index is -2.33. The van der Waals surface area contributed by atoms with Gasteiger partial charge in [-0.3, -0.25) is 9.59 Å². The van der Waals surface area contributed by atoms with Crippen molar-refractivity contribution in [1.82, 2.24) is 0 Å². The fourth-order valence-electron chi connectivity index (χ4n) is 7.83. The van der Waals surface area contributed by atoms with E-state index in [-0.39, 0.29) is 42.8 Å². The number of esters is 1. The van der Waals surface area contributed by atoms with Gasteiger partial charge in [0.05, 0.1) is 12.4 Å². The van der Waals surface area contributed by atoms with Crippen LogP contribution in [0.4, 0.5) is 8.78 Å². The Labute approximate surface area is 200 Å². The number of hydrogen-bond acceptors (Lipinski definition) is 6. The third-order valence-corrected chi connectivity index (χ3v) is 9.28. The predicted octanol–water partition coefficient (Wildman–Crippen LogP) is 4.17. The molecule has 35 heavy (non-hydrogen) atoms. The summed E-state index contributed by atoms with van der Waals surface area (Å²) in [6.07, 6.45) is 1.35. The Morgan fingerprint density at radius 3 is 2.54 bits per heavy atom. The van der Waals surface area contributed by atoms with E-state index in [1.165, 1.54) is 44.4 Å². The third-order valence-electron chi connectivity index (χ3n) is 9.28. The SMILES string of the molecule is CC1(OC(=O)c2ccco2)CC2C3CC(F)=C4CC(=O)C=C[C@]4(C)[C@@]3(F)[C@@H](O)C[C@]2(C)[C@H]1C(=O)O. The standard InChI is InChI=1S/C26H28F2O7/c1-23-12-19(30)26(28)14(10-17(27)15-9-13(29)6-7-24(15,26)2)16(23)11-25(3,20(23)21(31)32)35-22(33)18-5-4-8-34-18/h4-8,14,16,19-20,30H,9-12H2,1-3H3,(H,31,32)/t14?,16?,19-,20+,23-,24-,25?,26-/m0/s1. The van der Waals surface area contributed by atoms with Crippen LogP contribution in [-0.4, -0.2) is 45.3 Å². The van der Waals surface area contributed by atoms with E-state index in [9.17, 15) is 24.6 Å². The number of carbonyl (C=O) groups is 3. The summed E-state index contributed by atoms with van der Waals surface area (Å²) in [7, 11) is 0. The molecular formula is C26H28F2O7. The minimum Gasteiger partial charge on any atom is -0.481 e. The maximum absolute atomic E-state index is 17.2. The van der Waals surface area contributed by atoms with E-state index in [2.05, 4.69) is 0 Å². The van der Waals surface area contributed by atoms with Crippen molar-refractivity contribution >= 4 is 17.7 Å². The number of rotatable bonds is 3. The number of aliphatic hydroxyl groups excluding tert-OH is 1. The van der Waals surface area contributed by atoms with Gasteiger partial charge in [-0.1, -0.05) is 13.0 Å². The van der Waals surface area contributed by atoms with Gasteiger partial charge in [0.15, 0.2) is 11.5 Å². The van der Waals surface area contributed by atoms with Crippen LogP contribution in [-0.2, 0) is 14.3 Å². The van der Waals surface area contributed by atoms with Crippen LogP contribution >= 0.6 is 0 Å². The summed E-state index contributed by atoms with van der Waals surface area (Å²) in [4.78, 5) is 37.3. The molecule has 0 amide bonds. The highest BCUT2D eigenvalue weighted by molar-refractivity contribution is 5.93. The quantitative estimate of drug-likeness (QED) is 0.611. The molecule has 2 saturated carbocycles. The van der Waals surface area contributed by atoms with E-state index in [1.54, 1.807) is 6.92 Å². The molecule has 5 rings (SSSR count). The number of ketones is 1. The molecule has 9 heteroatoms. The van der Waals surface area contributed by atoms with Crippen molar-refractivity contribution in [2.24, 2.45) is 28.6 Å². The van der Waals surface area contributed by atoms with Gasteiger partial charge >= 0.3 is 11.9 Å². The van der Waals surface area contributed by atoms with Gasteiger partial charge in [-0.2, -0.15) is 0 Å². The first-order chi connectivity index (χ1) is 16.3. The summed E-state index contributed by atoms with van der Waals surface area (Å²) >= 11 is 0. The lowest BCUT2D eigenvalue weighted by Crippen LogP contribution is -2.66. The second-order valence-corrected chi connectivity index (χ2v) is 11.1. The summed E-state index contributed by atoms with van der Waals surface area (Å²) in [5, 5.41) is 21.5. The molecule has 0 bridgehead atoms. The van der Waals surface area contributed by atoms with Gasteiger partial charge in [-0.15, -0.1) is 0 Å². The van der Waals surface area contributed by atoms with Crippen molar-refractivity contribution < 1.29 is 42.5 Å². The van der Waals surface area contributed by atoms with Crippen molar-refractivity contribution in [3.63, 3.8) is 0 Å². The number of aliphatic carboxylic acids is 1. The van der Waals surface area contributed by atoms with E-state index in [0.29, 0.717) is 0 Å². The Morgan fingerprint density at radius 1 is 1.20 bits per heavy atom. The normalized spacial score (nSPS) is 44.5. The summed E-state index contributed by atoms with van der Waals surface area (Å²) < 4.78 is 43.5. The van der Waals surface area contributed by atoms with Gasteiger partial charge in [0.1, 0.15) is 17.3 Å². The topological polar surface area (TPSA) is 114 Å². The molecule has 3 unspecified atom stereocenters. The highest BCUT2D eigenvalue weighted by Crippen LogP contribution is 2.71. The first-order valence-electron chi connectivity index (χ1n) is 11.7. The number of hydrogen-bond donors (Lipinski definition) is 2. The molecule has 0 radical (unpaired) electrons.